The van der Waals surface area contributed by atoms with E-state index in [-0.39, 0.29) is 18.1 Å². The Morgan fingerprint density at radius 2 is 1.88 bits per heavy atom. The molecule has 182 valence electrons. The predicted molar refractivity (Wildman–Crippen MR) is 127 cm³/mol. The Hall–Kier alpha value is -3.11. The van der Waals surface area contributed by atoms with Crippen molar-refractivity contribution in [1.29, 1.82) is 0 Å². The van der Waals surface area contributed by atoms with Gasteiger partial charge in [-0.05, 0) is 62.3 Å². The van der Waals surface area contributed by atoms with E-state index in [2.05, 4.69) is 17.1 Å². The molecule has 1 saturated carbocycles. The summed E-state index contributed by atoms with van der Waals surface area (Å²) in [6.45, 7) is 2.55. The van der Waals surface area contributed by atoms with E-state index in [1.807, 2.05) is 31.5 Å². The van der Waals surface area contributed by atoms with E-state index in [1.165, 1.54) is 5.56 Å². The van der Waals surface area contributed by atoms with Gasteiger partial charge in [0.15, 0.2) is 11.5 Å². The predicted octanol–water partition coefficient (Wildman–Crippen LogP) is 3.21. The normalized spacial score (nSPS) is 20.6. The number of benzene rings is 1. The summed E-state index contributed by atoms with van der Waals surface area (Å²) in [7, 11) is 1.66. The number of hydrogen-bond acceptors (Lipinski definition) is 8. The van der Waals surface area contributed by atoms with Crippen LogP contribution in [-0.2, 0) is 9.59 Å². The molecule has 2 aromatic rings. The number of aliphatic carboxylic acids is 2. The van der Waals surface area contributed by atoms with Gasteiger partial charge in [-0.1, -0.05) is 0 Å². The molecule has 2 heterocycles. The molecule has 1 aromatic heterocycles. The SMILES string of the molecule is CCOc1cc2c(cc1OC)C(c1ccc(SC)nc1)=N[C@@H]1CC[C@@H](O)C[C@H]21.O=C(O)C(=O)O. The second-order valence-corrected chi connectivity index (χ2v) is 8.67. The van der Waals surface area contributed by atoms with E-state index in [0.29, 0.717) is 12.4 Å². The van der Waals surface area contributed by atoms with Crippen molar-refractivity contribution >= 4 is 29.4 Å². The number of aliphatic hydroxyl groups is 1. The van der Waals surface area contributed by atoms with Crippen molar-refractivity contribution < 1.29 is 34.4 Å². The lowest BCUT2D eigenvalue weighted by atomic mass is 9.74. The van der Waals surface area contributed by atoms with Gasteiger partial charge in [-0.3, -0.25) is 4.99 Å². The summed E-state index contributed by atoms with van der Waals surface area (Å²) in [5, 5.41) is 26.0. The fourth-order valence-electron chi connectivity index (χ4n) is 4.24. The van der Waals surface area contributed by atoms with Gasteiger partial charge in [0, 0.05) is 23.2 Å². The van der Waals surface area contributed by atoms with Crippen LogP contribution in [0, 0.1) is 0 Å². The van der Waals surface area contributed by atoms with Gasteiger partial charge in [-0.2, -0.15) is 0 Å². The van der Waals surface area contributed by atoms with Crippen molar-refractivity contribution in [2.24, 2.45) is 4.99 Å². The minimum absolute atomic E-state index is 0.175. The van der Waals surface area contributed by atoms with E-state index >= 15 is 0 Å². The third kappa shape index (κ3) is 5.68. The van der Waals surface area contributed by atoms with Crippen LogP contribution in [-0.4, -0.2) is 70.1 Å². The second kappa shape index (κ2) is 11.3. The number of pyridine rings is 1. The molecule has 1 aliphatic heterocycles. The molecule has 9 nitrogen and oxygen atoms in total. The minimum atomic E-state index is -1.82. The topological polar surface area (TPSA) is 139 Å². The van der Waals surface area contributed by atoms with Crippen LogP contribution in [0.25, 0.3) is 0 Å². The van der Waals surface area contributed by atoms with Crippen LogP contribution in [0.2, 0.25) is 0 Å². The summed E-state index contributed by atoms with van der Waals surface area (Å²) < 4.78 is 11.4. The number of fused-ring (bicyclic) bond motifs is 3. The number of carboxylic acids is 2. The summed E-state index contributed by atoms with van der Waals surface area (Å²) in [5.74, 6) is -1.99. The first kappa shape index (κ1) is 25.5. The first-order valence-corrected chi connectivity index (χ1v) is 12.1. The van der Waals surface area contributed by atoms with E-state index in [4.69, 9.17) is 34.3 Å². The summed E-state index contributed by atoms with van der Waals surface area (Å²) in [6.07, 6.45) is 6.07. The van der Waals surface area contributed by atoms with Crippen LogP contribution >= 0.6 is 11.8 Å². The number of nitrogens with zero attached hydrogens (tertiary/aromatic N) is 2. The van der Waals surface area contributed by atoms with Crippen LogP contribution in [0.15, 0.2) is 40.5 Å². The number of aliphatic hydroxyl groups excluding tert-OH is 1. The van der Waals surface area contributed by atoms with Crippen LogP contribution < -0.4 is 9.47 Å². The first-order chi connectivity index (χ1) is 16.3. The molecule has 0 spiro atoms. The Balaban J connectivity index is 0.000000481. The molecule has 0 saturated heterocycles. The lowest BCUT2D eigenvalue weighted by Gasteiger charge is -2.37. The Bertz CT molecular complexity index is 1060. The van der Waals surface area contributed by atoms with Gasteiger partial charge in [0.1, 0.15) is 0 Å². The Labute approximate surface area is 201 Å². The summed E-state index contributed by atoms with van der Waals surface area (Å²) in [5.41, 5.74) is 4.20. The molecule has 0 radical (unpaired) electrons. The molecule has 0 amide bonds. The zero-order valence-corrected chi connectivity index (χ0v) is 20.0. The van der Waals surface area contributed by atoms with Gasteiger partial charge in [-0.15, -0.1) is 11.8 Å². The number of hydrogen-bond donors (Lipinski definition) is 3. The lowest BCUT2D eigenvalue weighted by molar-refractivity contribution is -0.159. The van der Waals surface area contributed by atoms with E-state index < -0.39 is 11.9 Å². The maximum absolute atomic E-state index is 10.3. The Kier molecular flexibility index (Phi) is 8.51. The number of thioether (sulfide) groups is 1. The molecule has 1 aliphatic carbocycles. The molecule has 4 rings (SSSR count). The van der Waals surface area contributed by atoms with Gasteiger partial charge in [-0.25, -0.2) is 14.6 Å². The molecule has 10 heteroatoms. The molecule has 1 aromatic carbocycles. The summed E-state index contributed by atoms with van der Waals surface area (Å²) >= 11 is 1.63. The highest BCUT2D eigenvalue weighted by molar-refractivity contribution is 7.98. The van der Waals surface area contributed by atoms with Crippen LogP contribution in [0.5, 0.6) is 11.5 Å². The number of methoxy groups -OCH3 is 1. The van der Waals surface area contributed by atoms with E-state index in [9.17, 15) is 5.11 Å². The van der Waals surface area contributed by atoms with Crippen LogP contribution in [0.3, 0.4) is 0 Å². The van der Waals surface area contributed by atoms with Gasteiger partial charge in [0.2, 0.25) is 0 Å². The summed E-state index contributed by atoms with van der Waals surface area (Å²) in [6, 6.07) is 8.41. The number of rotatable bonds is 5. The quantitative estimate of drug-likeness (QED) is 0.428. The number of ether oxygens (including phenoxy) is 2. The third-order valence-electron chi connectivity index (χ3n) is 5.77. The molecule has 3 atom stereocenters. The van der Waals surface area contributed by atoms with E-state index in [0.717, 1.165) is 46.9 Å². The maximum Gasteiger partial charge on any atom is 0.414 e. The van der Waals surface area contributed by atoms with Crippen LogP contribution in [0.1, 0.15) is 48.8 Å². The largest absolute Gasteiger partial charge is 0.493 e. The van der Waals surface area contributed by atoms with E-state index in [1.54, 1.807) is 18.9 Å². The molecule has 1 fully saturated rings. The highest BCUT2D eigenvalue weighted by Crippen LogP contribution is 2.45. The smallest absolute Gasteiger partial charge is 0.414 e. The highest BCUT2D eigenvalue weighted by atomic mass is 32.2. The number of aliphatic imine (C=N–C) groups is 1. The Morgan fingerprint density at radius 1 is 1.15 bits per heavy atom. The van der Waals surface area contributed by atoms with Crippen molar-refractivity contribution in [2.45, 2.75) is 49.3 Å². The summed E-state index contributed by atoms with van der Waals surface area (Å²) in [4.78, 5) is 27.9. The van der Waals surface area contributed by atoms with Crippen molar-refractivity contribution in [2.75, 3.05) is 20.0 Å². The third-order valence-corrected chi connectivity index (χ3v) is 6.43. The highest BCUT2D eigenvalue weighted by Gasteiger charge is 2.37. The average Bonchev–Trinajstić information content (AvgIpc) is 2.84. The maximum atomic E-state index is 10.3. The zero-order valence-electron chi connectivity index (χ0n) is 19.2. The molecule has 0 unspecified atom stereocenters. The van der Waals surface area contributed by atoms with Crippen molar-refractivity contribution in [3.63, 3.8) is 0 Å². The van der Waals surface area contributed by atoms with Crippen molar-refractivity contribution in [3.8, 4) is 11.5 Å². The molecule has 34 heavy (non-hydrogen) atoms. The molecule has 0 bridgehead atoms. The molecule has 2 aliphatic rings. The zero-order chi connectivity index (χ0) is 24.8. The van der Waals surface area contributed by atoms with Crippen molar-refractivity contribution in [3.05, 3.63) is 47.2 Å². The van der Waals surface area contributed by atoms with Gasteiger partial charge in [0.25, 0.3) is 0 Å². The molecule has 3 N–H and O–H groups in total. The molecular formula is C24H28N2O7S. The van der Waals surface area contributed by atoms with Gasteiger partial charge in [0.05, 0.1) is 36.6 Å². The fraction of sp³-hybridized carbons (Fsp3) is 0.417. The van der Waals surface area contributed by atoms with Crippen LogP contribution in [0.4, 0.5) is 0 Å². The number of carboxylic acid groups (broad SMARTS) is 2. The number of aromatic nitrogens is 1. The first-order valence-electron chi connectivity index (χ1n) is 10.9. The molecular weight excluding hydrogens is 460 g/mol. The van der Waals surface area contributed by atoms with Crippen molar-refractivity contribution in [1.82, 2.24) is 4.98 Å². The Morgan fingerprint density at radius 3 is 2.44 bits per heavy atom. The standard InChI is InChI=1S/C22H26N2O3S.C2H2O4/c1-4-27-20-10-15-16-9-14(25)6-7-18(16)24-22(17(15)11-19(20)26-2)13-5-8-21(28-3)23-12-13;3-1(4)2(5)6/h5,8,10-12,14,16,18,25H,4,6-7,9H2,1-3H3;(H,3,4)(H,5,6)/t14-,16-,18-;/m1./s1. The fourth-order valence-corrected chi connectivity index (χ4v) is 4.61. The lowest BCUT2D eigenvalue weighted by Crippen LogP contribution is -2.34. The minimum Gasteiger partial charge on any atom is -0.493 e. The average molecular weight is 489 g/mol. The van der Waals surface area contributed by atoms with Gasteiger partial charge >= 0.3 is 11.9 Å². The monoisotopic (exact) mass is 488 g/mol. The van der Waals surface area contributed by atoms with Gasteiger partial charge < -0.3 is 24.8 Å². The second-order valence-electron chi connectivity index (χ2n) is 7.84. The number of carbonyl (C=O) groups is 2.